The zero-order valence-corrected chi connectivity index (χ0v) is 11.3. The van der Waals surface area contributed by atoms with Crippen molar-refractivity contribution in [3.05, 3.63) is 41.5 Å². The second kappa shape index (κ2) is 6.23. The number of phenolic OH excluding ortho intramolecular Hbond substituents is 1. The number of allylic oxidation sites excluding steroid dienone is 1. The number of nitrogens with one attached hydrogen (secondary N) is 2. The highest BCUT2D eigenvalue weighted by Crippen LogP contribution is 2.21. The maximum absolute atomic E-state index is 11.9. The van der Waals surface area contributed by atoms with Gasteiger partial charge in [-0.05, 0) is 37.8 Å². The van der Waals surface area contributed by atoms with Crippen molar-refractivity contribution in [1.82, 2.24) is 10.9 Å². The number of hydrogen-bond donors (Lipinski definition) is 3. The van der Waals surface area contributed by atoms with Crippen molar-refractivity contribution in [2.24, 2.45) is 5.92 Å². The summed E-state index contributed by atoms with van der Waals surface area (Å²) in [5, 5.41) is 9.80. The van der Waals surface area contributed by atoms with Crippen LogP contribution in [0.1, 0.15) is 35.2 Å². The number of hydrazine groups is 1. The van der Waals surface area contributed by atoms with Gasteiger partial charge >= 0.3 is 0 Å². The average molecular weight is 274 g/mol. The minimum Gasteiger partial charge on any atom is -0.507 e. The lowest BCUT2D eigenvalue weighted by Gasteiger charge is -2.16. The van der Waals surface area contributed by atoms with Gasteiger partial charge in [0.1, 0.15) is 5.75 Å². The maximum Gasteiger partial charge on any atom is 0.273 e. The molecule has 1 unspecified atom stereocenters. The summed E-state index contributed by atoms with van der Waals surface area (Å²) in [5.74, 6) is -1.03. The molecule has 1 aliphatic rings. The molecule has 2 amide bonds. The van der Waals surface area contributed by atoms with Crippen molar-refractivity contribution in [3.8, 4) is 5.75 Å². The van der Waals surface area contributed by atoms with Gasteiger partial charge in [-0.3, -0.25) is 20.4 Å². The van der Waals surface area contributed by atoms with Gasteiger partial charge < -0.3 is 5.11 Å². The summed E-state index contributed by atoms with van der Waals surface area (Å²) in [5.41, 5.74) is 5.48. The summed E-state index contributed by atoms with van der Waals surface area (Å²) in [4.78, 5) is 23.7. The summed E-state index contributed by atoms with van der Waals surface area (Å²) >= 11 is 0. The fourth-order valence-electron chi connectivity index (χ4n) is 2.15. The Labute approximate surface area is 117 Å². The normalized spacial score (nSPS) is 17.6. The van der Waals surface area contributed by atoms with Crippen LogP contribution in [0.2, 0.25) is 0 Å². The Morgan fingerprint density at radius 1 is 1.30 bits per heavy atom. The molecule has 1 atom stereocenters. The molecule has 0 saturated heterocycles. The molecule has 0 spiro atoms. The van der Waals surface area contributed by atoms with Gasteiger partial charge in [-0.2, -0.15) is 0 Å². The summed E-state index contributed by atoms with van der Waals surface area (Å²) in [6.07, 6.45) is 6.58. The molecule has 0 bridgehead atoms. The number of hydrogen-bond acceptors (Lipinski definition) is 3. The molecule has 5 nitrogen and oxygen atoms in total. The van der Waals surface area contributed by atoms with Crippen LogP contribution in [0.5, 0.6) is 5.75 Å². The predicted molar refractivity (Wildman–Crippen MR) is 74.9 cm³/mol. The van der Waals surface area contributed by atoms with E-state index >= 15 is 0 Å². The average Bonchev–Trinajstić information content (AvgIpc) is 2.48. The highest BCUT2D eigenvalue weighted by Gasteiger charge is 2.18. The topological polar surface area (TPSA) is 78.4 Å². The minimum atomic E-state index is -0.528. The lowest BCUT2D eigenvalue weighted by molar-refractivity contribution is -0.124. The fraction of sp³-hybridized carbons (Fsp3) is 0.333. The van der Waals surface area contributed by atoms with E-state index in [1.807, 2.05) is 12.2 Å². The second-order valence-electron chi connectivity index (χ2n) is 4.88. The third-order valence-electron chi connectivity index (χ3n) is 3.37. The lowest BCUT2D eigenvalue weighted by atomic mass is 9.95. The van der Waals surface area contributed by atoms with Gasteiger partial charge in [-0.1, -0.05) is 24.3 Å². The molecular formula is C15H18N2O3. The minimum absolute atomic E-state index is 0.0724. The number of benzene rings is 1. The van der Waals surface area contributed by atoms with E-state index in [0.717, 1.165) is 19.3 Å². The van der Waals surface area contributed by atoms with Crippen LogP contribution in [-0.4, -0.2) is 16.9 Å². The van der Waals surface area contributed by atoms with Crippen molar-refractivity contribution in [1.29, 1.82) is 0 Å². The van der Waals surface area contributed by atoms with Gasteiger partial charge in [0.15, 0.2) is 0 Å². The Kier molecular flexibility index (Phi) is 4.40. The number of carbonyl (C=O) groups excluding carboxylic acids is 2. The third-order valence-corrected chi connectivity index (χ3v) is 3.37. The molecule has 1 aliphatic carbocycles. The van der Waals surface area contributed by atoms with E-state index in [1.165, 1.54) is 6.07 Å². The van der Waals surface area contributed by atoms with E-state index in [-0.39, 0.29) is 23.1 Å². The van der Waals surface area contributed by atoms with Crippen LogP contribution in [0.25, 0.3) is 0 Å². The number of aryl methyl sites for hydroxylation is 1. The fourth-order valence-corrected chi connectivity index (χ4v) is 2.15. The molecule has 0 heterocycles. The van der Waals surface area contributed by atoms with E-state index in [2.05, 4.69) is 10.9 Å². The van der Waals surface area contributed by atoms with Crippen molar-refractivity contribution < 1.29 is 14.7 Å². The highest BCUT2D eigenvalue weighted by atomic mass is 16.3. The molecule has 20 heavy (non-hydrogen) atoms. The molecule has 0 radical (unpaired) electrons. The van der Waals surface area contributed by atoms with Crippen molar-refractivity contribution in [3.63, 3.8) is 0 Å². The van der Waals surface area contributed by atoms with Crippen LogP contribution in [0.3, 0.4) is 0 Å². The van der Waals surface area contributed by atoms with Crippen molar-refractivity contribution >= 4 is 11.8 Å². The van der Waals surface area contributed by atoms with Gasteiger partial charge in [-0.25, -0.2) is 0 Å². The Hall–Kier alpha value is -2.30. The van der Waals surface area contributed by atoms with Gasteiger partial charge in [0, 0.05) is 0 Å². The van der Waals surface area contributed by atoms with E-state index in [1.54, 1.807) is 19.1 Å². The monoisotopic (exact) mass is 274 g/mol. The Balaban J connectivity index is 1.95. The molecule has 0 aliphatic heterocycles. The second-order valence-corrected chi connectivity index (χ2v) is 4.88. The molecule has 1 aromatic carbocycles. The molecule has 106 valence electrons. The molecule has 0 aromatic heterocycles. The van der Waals surface area contributed by atoms with Gasteiger partial charge in [0.05, 0.1) is 11.5 Å². The predicted octanol–water partition coefficient (Wildman–Crippen LogP) is 1.82. The summed E-state index contributed by atoms with van der Waals surface area (Å²) < 4.78 is 0. The molecule has 3 N–H and O–H groups in total. The third kappa shape index (κ3) is 3.17. The molecule has 5 heteroatoms. The first kappa shape index (κ1) is 14.1. The Morgan fingerprint density at radius 2 is 2.10 bits per heavy atom. The smallest absolute Gasteiger partial charge is 0.273 e. The first-order valence-corrected chi connectivity index (χ1v) is 6.65. The molecular weight excluding hydrogens is 256 g/mol. The van der Waals surface area contributed by atoms with E-state index in [9.17, 15) is 14.7 Å². The molecule has 0 saturated carbocycles. The Morgan fingerprint density at radius 3 is 2.80 bits per heavy atom. The number of aromatic hydroxyl groups is 1. The van der Waals surface area contributed by atoms with Crippen molar-refractivity contribution in [2.75, 3.05) is 0 Å². The number of carbonyl (C=O) groups is 2. The number of amides is 2. The van der Waals surface area contributed by atoms with Gasteiger partial charge in [0.2, 0.25) is 5.91 Å². The summed E-state index contributed by atoms with van der Waals surface area (Å²) in [6.45, 7) is 1.71. The zero-order chi connectivity index (χ0) is 14.5. The zero-order valence-electron chi connectivity index (χ0n) is 11.3. The van der Waals surface area contributed by atoms with E-state index in [4.69, 9.17) is 0 Å². The number of phenols is 1. The van der Waals surface area contributed by atoms with Crippen LogP contribution in [0, 0.1) is 12.8 Å². The summed E-state index contributed by atoms with van der Waals surface area (Å²) in [7, 11) is 0. The van der Waals surface area contributed by atoms with Crippen LogP contribution in [0.15, 0.2) is 30.4 Å². The maximum atomic E-state index is 11.9. The highest BCUT2D eigenvalue weighted by molar-refractivity contribution is 5.98. The molecule has 1 aromatic rings. The van der Waals surface area contributed by atoms with E-state index in [0.29, 0.717) is 5.56 Å². The van der Waals surface area contributed by atoms with Gasteiger partial charge in [-0.15, -0.1) is 0 Å². The van der Waals surface area contributed by atoms with Gasteiger partial charge in [0.25, 0.3) is 5.91 Å². The quantitative estimate of drug-likeness (QED) is 0.568. The Bertz CT molecular complexity index is 552. The summed E-state index contributed by atoms with van der Waals surface area (Å²) in [6, 6.07) is 4.89. The first-order valence-electron chi connectivity index (χ1n) is 6.65. The van der Waals surface area contributed by atoms with E-state index < -0.39 is 5.91 Å². The molecule has 2 rings (SSSR count). The number of para-hydroxylation sites is 1. The van der Waals surface area contributed by atoms with Crippen molar-refractivity contribution in [2.45, 2.75) is 26.2 Å². The van der Waals surface area contributed by atoms with Crippen LogP contribution in [-0.2, 0) is 4.79 Å². The first-order chi connectivity index (χ1) is 9.59. The largest absolute Gasteiger partial charge is 0.507 e. The SMILES string of the molecule is Cc1cccc(C(=O)NNC(=O)C2C=CCCC2)c1O. The lowest BCUT2D eigenvalue weighted by Crippen LogP contribution is -2.44. The van der Waals surface area contributed by atoms with Crippen LogP contribution in [0.4, 0.5) is 0 Å². The number of rotatable bonds is 2. The molecule has 0 fully saturated rings. The van der Waals surface area contributed by atoms with Crippen LogP contribution >= 0.6 is 0 Å². The van der Waals surface area contributed by atoms with Crippen LogP contribution < -0.4 is 10.9 Å². The standard InChI is InChI=1S/C15H18N2O3/c1-10-6-5-9-12(13(10)18)15(20)17-16-14(19)11-7-3-2-4-8-11/h3,5-7,9,11,18H,2,4,8H2,1H3,(H,16,19)(H,17,20).